The molecule has 0 bridgehead atoms. The third kappa shape index (κ3) is 4.66. The highest BCUT2D eigenvalue weighted by Gasteiger charge is 2.36. The first-order valence-corrected chi connectivity index (χ1v) is 6.58. The maximum absolute atomic E-state index is 12.2. The lowest BCUT2D eigenvalue weighted by Crippen LogP contribution is -2.31. The monoisotopic (exact) mass is 296 g/mol. The molecule has 0 unspecified atom stereocenters. The number of halogens is 3. The smallest absolute Gasteiger partial charge is 0.360 e. The third-order valence-electron chi connectivity index (χ3n) is 2.41. The van der Waals surface area contributed by atoms with Gasteiger partial charge in [-0.05, 0) is 13.8 Å². The Bertz CT molecular complexity index is 417. The van der Waals surface area contributed by atoms with Gasteiger partial charge in [-0.2, -0.15) is 22.5 Å². The van der Waals surface area contributed by atoms with Gasteiger partial charge in [0.2, 0.25) is 16.9 Å². The zero-order valence-electron chi connectivity index (χ0n) is 10.6. The Hall–Kier alpha value is -1.38. The van der Waals surface area contributed by atoms with Gasteiger partial charge in [0, 0.05) is 37.6 Å². The van der Waals surface area contributed by atoms with Crippen molar-refractivity contribution < 1.29 is 18.0 Å². The van der Waals surface area contributed by atoms with Crippen molar-refractivity contribution in [1.82, 2.24) is 14.3 Å². The van der Waals surface area contributed by atoms with Gasteiger partial charge in [-0.1, -0.05) is 0 Å². The van der Waals surface area contributed by atoms with Crippen LogP contribution in [0.25, 0.3) is 0 Å². The summed E-state index contributed by atoms with van der Waals surface area (Å²) in [4.78, 5) is 16.6. The minimum atomic E-state index is -4.53. The highest BCUT2D eigenvalue weighted by atomic mass is 32.1. The molecule has 108 valence electrons. The van der Waals surface area contributed by atoms with Crippen LogP contribution in [0.15, 0.2) is 0 Å². The molecule has 0 aliphatic rings. The summed E-state index contributed by atoms with van der Waals surface area (Å²) >= 11 is 0.631. The van der Waals surface area contributed by atoms with Gasteiger partial charge in [-0.15, -0.1) is 0 Å². The maximum Gasteiger partial charge on any atom is 0.452 e. The fourth-order valence-electron chi connectivity index (χ4n) is 1.42. The summed E-state index contributed by atoms with van der Waals surface area (Å²) in [5.41, 5.74) is 0. The summed E-state index contributed by atoms with van der Waals surface area (Å²) < 4.78 is 39.9. The van der Waals surface area contributed by atoms with E-state index in [0.29, 0.717) is 24.6 Å². The maximum atomic E-state index is 12.2. The normalized spacial score (nSPS) is 11.4. The Morgan fingerprint density at radius 2 is 2.00 bits per heavy atom. The molecule has 0 aromatic carbocycles. The van der Waals surface area contributed by atoms with Crippen LogP contribution in [-0.2, 0) is 11.0 Å². The van der Waals surface area contributed by atoms with Crippen LogP contribution in [-0.4, -0.2) is 39.8 Å². The van der Waals surface area contributed by atoms with E-state index in [9.17, 15) is 18.0 Å². The van der Waals surface area contributed by atoms with Gasteiger partial charge in [-0.25, -0.2) is 0 Å². The number of carbonyl (C=O) groups excluding carboxylic acids is 1. The number of hydrogen-bond donors (Lipinski definition) is 1. The second-order valence-electron chi connectivity index (χ2n) is 3.66. The molecule has 0 aliphatic carbocycles. The van der Waals surface area contributed by atoms with Crippen LogP contribution in [0.1, 0.15) is 26.1 Å². The van der Waals surface area contributed by atoms with Crippen LogP contribution in [0.5, 0.6) is 0 Å². The average molecular weight is 296 g/mol. The Balaban J connectivity index is 2.41. The van der Waals surface area contributed by atoms with Crippen LogP contribution in [0.3, 0.4) is 0 Å². The number of rotatable bonds is 6. The van der Waals surface area contributed by atoms with E-state index in [0.717, 1.165) is 0 Å². The number of nitrogens with one attached hydrogen (secondary N) is 1. The van der Waals surface area contributed by atoms with Crippen molar-refractivity contribution in [3.05, 3.63) is 5.82 Å². The molecule has 1 aromatic heterocycles. The zero-order chi connectivity index (χ0) is 14.5. The number of nitrogens with zero attached hydrogens (tertiary/aromatic N) is 3. The average Bonchev–Trinajstić information content (AvgIpc) is 2.79. The highest BCUT2D eigenvalue weighted by Crippen LogP contribution is 2.28. The van der Waals surface area contributed by atoms with Gasteiger partial charge in [0.1, 0.15) is 0 Å². The van der Waals surface area contributed by atoms with Gasteiger partial charge in [0.05, 0.1) is 0 Å². The number of amides is 1. The summed E-state index contributed by atoms with van der Waals surface area (Å²) in [6.45, 7) is 5.21. The largest absolute Gasteiger partial charge is 0.452 e. The molecule has 0 spiro atoms. The molecule has 0 aliphatic heterocycles. The van der Waals surface area contributed by atoms with E-state index >= 15 is 0 Å². The SMILES string of the molecule is CCN(CC)C(=O)CCNc1nc(C(F)(F)F)ns1. The van der Waals surface area contributed by atoms with Crippen molar-refractivity contribution in [1.29, 1.82) is 0 Å². The Labute approximate surface area is 113 Å². The van der Waals surface area contributed by atoms with Crippen molar-refractivity contribution >= 4 is 22.6 Å². The van der Waals surface area contributed by atoms with E-state index in [1.165, 1.54) is 0 Å². The topological polar surface area (TPSA) is 58.1 Å². The summed E-state index contributed by atoms with van der Waals surface area (Å²) in [5, 5.41) is 2.74. The second kappa shape index (κ2) is 6.69. The van der Waals surface area contributed by atoms with Crippen LogP contribution < -0.4 is 5.32 Å². The molecule has 9 heteroatoms. The molecular formula is C10H15F3N4OS. The number of aromatic nitrogens is 2. The lowest BCUT2D eigenvalue weighted by Gasteiger charge is -2.18. The molecule has 0 saturated carbocycles. The Kier molecular flexibility index (Phi) is 5.52. The van der Waals surface area contributed by atoms with Crippen molar-refractivity contribution in [2.45, 2.75) is 26.4 Å². The molecule has 1 rings (SSSR count). The quantitative estimate of drug-likeness (QED) is 0.874. The molecule has 0 fully saturated rings. The zero-order valence-corrected chi connectivity index (χ0v) is 11.4. The van der Waals surface area contributed by atoms with Crippen LogP contribution >= 0.6 is 11.5 Å². The molecule has 1 heterocycles. The van der Waals surface area contributed by atoms with Crippen LogP contribution in [0.4, 0.5) is 18.3 Å². The second-order valence-corrected chi connectivity index (χ2v) is 4.42. The standard InChI is InChI=1S/C10H15F3N4OS/c1-3-17(4-2)7(18)5-6-14-9-15-8(16-19-9)10(11,12)13/h3-6H2,1-2H3,(H,14,15,16). The van der Waals surface area contributed by atoms with Gasteiger partial charge in [0.25, 0.3) is 0 Å². The molecular weight excluding hydrogens is 281 g/mol. The predicted molar refractivity (Wildman–Crippen MR) is 65.9 cm³/mol. The molecule has 1 aromatic rings. The number of alkyl halides is 3. The Morgan fingerprint density at radius 1 is 1.37 bits per heavy atom. The lowest BCUT2D eigenvalue weighted by atomic mass is 10.3. The van der Waals surface area contributed by atoms with E-state index in [-0.39, 0.29) is 24.0 Å². The van der Waals surface area contributed by atoms with Gasteiger partial charge in [0.15, 0.2) is 0 Å². The van der Waals surface area contributed by atoms with Crippen molar-refractivity contribution in [2.75, 3.05) is 25.0 Å². The Morgan fingerprint density at radius 3 is 2.47 bits per heavy atom. The molecule has 5 nitrogen and oxygen atoms in total. The minimum Gasteiger partial charge on any atom is -0.360 e. The van der Waals surface area contributed by atoms with Gasteiger partial charge in [-0.3, -0.25) is 4.79 Å². The van der Waals surface area contributed by atoms with Crippen LogP contribution in [0.2, 0.25) is 0 Å². The van der Waals surface area contributed by atoms with E-state index in [2.05, 4.69) is 14.7 Å². The first-order valence-electron chi connectivity index (χ1n) is 5.81. The predicted octanol–water partition coefficient (Wildman–Crippen LogP) is 2.23. The number of anilines is 1. The minimum absolute atomic E-state index is 0.0435. The third-order valence-corrected chi connectivity index (χ3v) is 3.08. The number of carbonyl (C=O) groups is 1. The first-order chi connectivity index (χ1) is 8.88. The lowest BCUT2D eigenvalue weighted by molar-refractivity contribution is -0.144. The summed E-state index contributed by atoms with van der Waals surface area (Å²) in [7, 11) is 0. The van der Waals surface area contributed by atoms with Gasteiger partial charge >= 0.3 is 6.18 Å². The van der Waals surface area contributed by atoms with E-state index in [4.69, 9.17) is 0 Å². The number of hydrogen-bond acceptors (Lipinski definition) is 5. The summed E-state index contributed by atoms with van der Waals surface area (Å²) in [5.74, 6) is -1.20. The van der Waals surface area contributed by atoms with E-state index < -0.39 is 12.0 Å². The fraction of sp³-hybridized carbons (Fsp3) is 0.700. The van der Waals surface area contributed by atoms with E-state index in [1.54, 1.807) is 4.90 Å². The molecule has 0 atom stereocenters. The van der Waals surface area contributed by atoms with Crippen molar-refractivity contribution in [3.8, 4) is 0 Å². The fourth-order valence-corrected chi connectivity index (χ4v) is 2.03. The molecule has 1 amide bonds. The van der Waals surface area contributed by atoms with Crippen molar-refractivity contribution in [2.24, 2.45) is 0 Å². The summed E-state index contributed by atoms with van der Waals surface area (Å²) in [6, 6.07) is 0. The first kappa shape index (κ1) is 15.7. The molecule has 0 radical (unpaired) electrons. The highest BCUT2D eigenvalue weighted by molar-refractivity contribution is 7.09. The van der Waals surface area contributed by atoms with Crippen LogP contribution in [0, 0.1) is 0 Å². The van der Waals surface area contributed by atoms with Crippen molar-refractivity contribution in [3.63, 3.8) is 0 Å². The molecule has 19 heavy (non-hydrogen) atoms. The molecule has 0 saturated heterocycles. The molecule has 1 N–H and O–H groups in total. The van der Waals surface area contributed by atoms with Gasteiger partial charge < -0.3 is 10.2 Å². The van der Waals surface area contributed by atoms with E-state index in [1.807, 2.05) is 13.8 Å². The summed E-state index contributed by atoms with van der Waals surface area (Å²) in [6.07, 6.45) is -4.32.